The molecule has 0 aliphatic carbocycles. The lowest BCUT2D eigenvalue weighted by molar-refractivity contribution is 0.232. The van der Waals surface area contributed by atoms with E-state index in [0.717, 1.165) is 38.7 Å². The van der Waals surface area contributed by atoms with E-state index in [-0.39, 0.29) is 0 Å². The zero-order valence-electron chi connectivity index (χ0n) is 16.5. The van der Waals surface area contributed by atoms with E-state index < -0.39 is 0 Å². The van der Waals surface area contributed by atoms with Gasteiger partial charge in [0.2, 0.25) is 0 Å². The molecule has 5 heteroatoms. The van der Waals surface area contributed by atoms with E-state index in [4.69, 9.17) is 0 Å². The zero-order valence-corrected chi connectivity index (χ0v) is 16.5. The minimum atomic E-state index is 0.650. The van der Waals surface area contributed by atoms with E-state index in [1.165, 1.54) is 30.6 Å². The van der Waals surface area contributed by atoms with E-state index in [0.29, 0.717) is 6.04 Å². The molecule has 2 aliphatic heterocycles. The van der Waals surface area contributed by atoms with Crippen LogP contribution >= 0.6 is 0 Å². The molecular formula is C21H33N5. The van der Waals surface area contributed by atoms with Gasteiger partial charge in [0.05, 0.1) is 0 Å². The molecule has 1 atom stereocenters. The number of likely N-dealkylation sites (tertiary alicyclic amines) is 1. The molecule has 0 radical (unpaired) electrons. The van der Waals surface area contributed by atoms with E-state index >= 15 is 0 Å². The number of anilines is 1. The minimum Gasteiger partial charge on any atom is -0.364 e. The van der Waals surface area contributed by atoms with Gasteiger partial charge in [-0.15, -0.1) is 0 Å². The predicted molar refractivity (Wildman–Crippen MR) is 111 cm³/mol. The van der Waals surface area contributed by atoms with Crippen LogP contribution in [0.4, 0.5) is 5.69 Å². The first-order valence-electron chi connectivity index (χ1n) is 9.86. The van der Waals surface area contributed by atoms with Crippen molar-refractivity contribution in [2.24, 2.45) is 4.99 Å². The SMILES string of the molecule is CCN1CCCC1CN(C)C(=NC)NCc1ccc(N2CC=CC2)cc1. The first-order valence-corrected chi connectivity index (χ1v) is 9.86. The van der Waals surface area contributed by atoms with Gasteiger partial charge in [-0.2, -0.15) is 0 Å². The normalized spacial score (nSPS) is 20.8. The van der Waals surface area contributed by atoms with Crippen LogP contribution in [0.2, 0.25) is 0 Å². The summed E-state index contributed by atoms with van der Waals surface area (Å²) in [6.45, 7) is 8.51. The number of hydrogen-bond donors (Lipinski definition) is 1. The standard InChI is InChI=1S/C21H33N5/c1-4-25-15-7-8-20(25)17-24(3)21(22-2)23-16-18-9-11-19(12-10-18)26-13-5-6-14-26/h5-6,9-12,20H,4,7-8,13-17H2,1-3H3,(H,22,23). The Labute approximate surface area is 158 Å². The van der Waals surface area contributed by atoms with Crippen LogP contribution in [-0.4, -0.2) is 68.6 Å². The monoisotopic (exact) mass is 355 g/mol. The van der Waals surface area contributed by atoms with Gasteiger partial charge in [0.15, 0.2) is 5.96 Å². The van der Waals surface area contributed by atoms with Crippen LogP contribution in [0.3, 0.4) is 0 Å². The van der Waals surface area contributed by atoms with E-state index in [1.54, 1.807) is 0 Å². The molecule has 0 aromatic heterocycles. The summed E-state index contributed by atoms with van der Waals surface area (Å²) in [5.74, 6) is 0.973. The highest BCUT2D eigenvalue weighted by Gasteiger charge is 2.24. The fourth-order valence-electron chi connectivity index (χ4n) is 4.00. The fourth-order valence-corrected chi connectivity index (χ4v) is 4.00. The molecule has 26 heavy (non-hydrogen) atoms. The van der Waals surface area contributed by atoms with Gasteiger partial charge in [0, 0.05) is 52.0 Å². The number of nitrogens with zero attached hydrogens (tertiary/aromatic N) is 4. The van der Waals surface area contributed by atoms with Gasteiger partial charge in [0.1, 0.15) is 0 Å². The maximum atomic E-state index is 4.47. The lowest BCUT2D eigenvalue weighted by atomic mass is 10.2. The zero-order chi connectivity index (χ0) is 18.4. The molecule has 0 amide bonds. The Hall–Kier alpha value is -2.01. The van der Waals surface area contributed by atoms with Crippen LogP contribution in [0.1, 0.15) is 25.3 Å². The van der Waals surface area contributed by atoms with Crippen molar-refractivity contribution in [3.05, 3.63) is 42.0 Å². The molecule has 0 saturated carbocycles. The topological polar surface area (TPSA) is 34.1 Å². The summed E-state index contributed by atoms with van der Waals surface area (Å²) in [6, 6.07) is 9.51. The maximum absolute atomic E-state index is 4.47. The van der Waals surface area contributed by atoms with Gasteiger partial charge in [0.25, 0.3) is 0 Å². The maximum Gasteiger partial charge on any atom is 0.193 e. The first-order chi connectivity index (χ1) is 12.7. The van der Waals surface area contributed by atoms with Crippen molar-refractivity contribution >= 4 is 11.6 Å². The Morgan fingerprint density at radius 3 is 2.62 bits per heavy atom. The Morgan fingerprint density at radius 2 is 1.96 bits per heavy atom. The van der Waals surface area contributed by atoms with Crippen LogP contribution in [-0.2, 0) is 6.54 Å². The Bertz CT molecular complexity index is 614. The molecule has 2 heterocycles. The molecule has 0 bridgehead atoms. The molecule has 3 rings (SSSR count). The lowest BCUT2D eigenvalue weighted by Gasteiger charge is -2.29. The Morgan fingerprint density at radius 1 is 1.23 bits per heavy atom. The second-order valence-corrected chi connectivity index (χ2v) is 7.25. The summed E-state index contributed by atoms with van der Waals surface area (Å²) >= 11 is 0. The van der Waals surface area contributed by atoms with Crippen molar-refractivity contribution < 1.29 is 0 Å². The van der Waals surface area contributed by atoms with Crippen molar-refractivity contribution in [2.45, 2.75) is 32.4 Å². The van der Waals surface area contributed by atoms with Crippen LogP contribution in [0.15, 0.2) is 41.4 Å². The predicted octanol–water partition coefficient (Wildman–Crippen LogP) is 2.55. The van der Waals surface area contributed by atoms with Crippen LogP contribution in [0, 0.1) is 0 Å². The second-order valence-electron chi connectivity index (χ2n) is 7.25. The third-order valence-electron chi connectivity index (χ3n) is 5.53. The smallest absolute Gasteiger partial charge is 0.193 e. The van der Waals surface area contributed by atoms with E-state index in [1.807, 2.05) is 7.05 Å². The molecule has 1 saturated heterocycles. The number of aliphatic imine (C=N–C) groups is 1. The van der Waals surface area contributed by atoms with Crippen LogP contribution in [0.25, 0.3) is 0 Å². The van der Waals surface area contributed by atoms with Crippen molar-refractivity contribution in [1.82, 2.24) is 15.1 Å². The van der Waals surface area contributed by atoms with Crippen LogP contribution < -0.4 is 10.2 Å². The molecule has 142 valence electrons. The minimum absolute atomic E-state index is 0.650. The summed E-state index contributed by atoms with van der Waals surface area (Å²) in [7, 11) is 4.01. The molecule has 1 aromatic rings. The second kappa shape index (κ2) is 9.08. The molecule has 1 aromatic carbocycles. The van der Waals surface area contributed by atoms with Gasteiger partial charge >= 0.3 is 0 Å². The quantitative estimate of drug-likeness (QED) is 0.483. The summed E-state index contributed by atoms with van der Waals surface area (Å²) < 4.78 is 0. The third kappa shape index (κ3) is 4.58. The highest BCUT2D eigenvalue weighted by atomic mass is 15.3. The highest BCUT2D eigenvalue weighted by molar-refractivity contribution is 5.79. The van der Waals surface area contributed by atoms with E-state index in [9.17, 15) is 0 Å². The van der Waals surface area contributed by atoms with Crippen molar-refractivity contribution in [1.29, 1.82) is 0 Å². The molecule has 1 fully saturated rings. The molecular weight excluding hydrogens is 322 g/mol. The summed E-state index contributed by atoms with van der Waals surface area (Å²) in [6.07, 6.45) is 7.05. The largest absolute Gasteiger partial charge is 0.364 e. The highest BCUT2D eigenvalue weighted by Crippen LogP contribution is 2.18. The molecule has 0 spiro atoms. The first kappa shape index (κ1) is 18.8. The summed E-state index contributed by atoms with van der Waals surface area (Å²) in [5, 5.41) is 3.51. The molecule has 2 aliphatic rings. The fraction of sp³-hybridized carbons (Fsp3) is 0.571. The van der Waals surface area contributed by atoms with Crippen molar-refractivity contribution in [3.63, 3.8) is 0 Å². The van der Waals surface area contributed by atoms with Gasteiger partial charge in [-0.25, -0.2) is 0 Å². The number of guanidine groups is 1. The van der Waals surface area contributed by atoms with Gasteiger partial charge in [-0.05, 0) is 43.6 Å². The molecule has 1 N–H and O–H groups in total. The van der Waals surface area contributed by atoms with Gasteiger partial charge in [-0.1, -0.05) is 31.2 Å². The van der Waals surface area contributed by atoms with Crippen molar-refractivity contribution in [3.8, 4) is 0 Å². The number of likely N-dealkylation sites (N-methyl/N-ethyl adjacent to an activating group) is 2. The summed E-state index contributed by atoms with van der Waals surface area (Å²) in [4.78, 5) is 11.7. The number of hydrogen-bond acceptors (Lipinski definition) is 3. The van der Waals surface area contributed by atoms with Crippen LogP contribution in [0.5, 0.6) is 0 Å². The Balaban J connectivity index is 1.50. The number of benzene rings is 1. The van der Waals surface area contributed by atoms with Gasteiger partial charge < -0.3 is 15.1 Å². The Kier molecular flexibility index (Phi) is 6.56. The third-order valence-corrected chi connectivity index (χ3v) is 5.53. The lowest BCUT2D eigenvalue weighted by Crippen LogP contribution is -2.45. The molecule has 1 unspecified atom stereocenters. The summed E-state index contributed by atoms with van der Waals surface area (Å²) in [5.41, 5.74) is 2.58. The average Bonchev–Trinajstić information content (AvgIpc) is 3.34. The number of rotatable bonds is 6. The number of nitrogens with one attached hydrogen (secondary N) is 1. The average molecular weight is 356 g/mol. The molecule has 5 nitrogen and oxygen atoms in total. The van der Waals surface area contributed by atoms with Crippen molar-refractivity contribution in [2.75, 3.05) is 51.7 Å². The van der Waals surface area contributed by atoms with E-state index in [2.05, 4.69) is 75.4 Å². The van der Waals surface area contributed by atoms with Gasteiger partial charge in [-0.3, -0.25) is 9.89 Å².